The molecule has 4 heterocycles. The number of likely N-dealkylation sites (N-methyl/N-ethyl adjacent to an activating group) is 1. The van der Waals surface area contributed by atoms with Gasteiger partial charge in [-0.2, -0.15) is 15.2 Å². The molecule has 1 unspecified atom stereocenters. The number of fused-ring (bicyclic) bond motifs is 2. The van der Waals surface area contributed by atoms with Crippen LogP contribution in [0.15, 0.2) is 48.8 Å². The molecule has 0 saturated carbocycles. The standard InChI is InChI=1S/C32H35ClFN7O3/c1-20(34)31(43)41-16-15-40(17-22(41)11-13-35)30-24-12-14-39(27-8-4-6-21-5-3-7-25(33)29(21)27)18-26(24)36-32(37-30)44-19-23-9-10-28(42)38(23)2/h3-8,22-23,28,42H,1,9-12,14-19H2,2H3/t22-,23-,28?/m0/s1. The number of aromatic nitrogens is 2. The van der Waals surface area contributed by atoms with E-state index in [2.05, 4.69) is 28.5 Å². The average Bonchev–Trinajstić information content (AvgIpc) is 3.35. The van der Waals surface area contributed by atoms with E-state index < -0.39 is 24.0 Å². The van der Waals surface area contributed by atoms with Gasteiger partial charge in [0.25, 0.3) is 5.91 Å². The summed E-state index contributed by atoms with van der Waals surface area (Å²) in [4.78, 5) is 29.9. The quantitative estimate of drug-likeness (QED) is 0.392. The highest BCUT2D eigenvalue weighted by molar-refractivity contribution is 6.36. The number of hydrogen-bond acceptors (Lipinski definition) is 9. The number of aliphatic hydroxyl groups excluding tert-OH is 1. The van der Waals surface area contributed by atoms with E-state index in [1.54, 1.807) is 0 Å². The Labute approximate surface area is 260 Å². The van der Waals surface area contributed by atoms with E-state index in [0.717, 1.165) is 34.1 Å². The van der Waals surface area contributed by atoms with Gasteiger partial charge in [0.1, 0.15) is 18.7 Å². The maximum Gasteiger partial charge on any atom is 0.318 e. The van der Waals surface area contributed by atoms with E-state index >= 15 is 0 Å². The summed E-state index contributed by atoms with van der Waals surface area (Å²) in [6, 6.07) is 13.9. The number of amides is 1. The van der Waals surface area contributed by atoms with Crippen molar-refractivity contribution in [2.24, 2.45) is 0 Å². The van der Waals surface area contributed by atoms with Gasteiger partial charge in [-0.15, -0.1) is 0 Å². The normalized spacial score (nSPS) is 22.2. The molecule has 3 atom stereocenters. The molecule has 3 aliphatic rings. The largest absolute Gasteiger partial charge is 0.462 e. The number of rotatable bonds is 7. The molecule has 0 bridgehead atoms. The number of benzene rings is 2. The van der Waals surface area contributed by atoms with Crippen LogP contribution in [0.5, 0.6) is 6.01 Å². The first-order valence-electron chi connectivity index (χ1n) is 14.9. The molecule has 10 nitrogen and oxygen atoms in total. The lowest BCUT2D eigenvalue weighted by Crippen LogP contribution is -2.55. The first kappa shape index (κ1) is 30.1. The van der Waals surface area contributed by atoms with Crippen LogP contribution >= 0.6 is 11.6 Å². The molecule has 0 aliphatic carbocycles. The van der Waals surface area contributed by atoms with Crippen LogP contribution in [0.2, 0.25) is 5.02 Å². The molecule has 44 heavy (non-hydrogen) atoms. The summed E-state index contributed by atoms with van der Waals surface area (Å²) < 4.78 is 20.0. The summed E-state index contributed by atoms with van der Waals surface area (Å²) in [5.74, 6) is -1.12. The second kappa shape index (κ2) is 12.6. The molecule has 3 aliphatic heterocycles. The Kier molecular flexibility index (Phi) is 8.58. The van der Waals surface area contributed by atoms with Gasteiger partial charge < -0.3 is 24.5 Å². The van der Waals surface area contributed by atoms with E-state index in [1.807, 2.05) is 42.3 Å². The summed E-state index contributed by atoms with van der Waals surface area (Å²) in [5, 5.41) is 22.4. The Morgan fingerprint density at radius 1 is 1.16 bits per heavy atom. The summed E-state index contributed by atoms with van der Waals surface area (Å²) in [7, 11) is 1.88. The second-order valence-corrected chi connectivity index (χ2v) is 12.0. The lowest BCUT2D eigenvalue weighted by molar-refractivity contribution is -0.131. The minimum Gasteiger partial charge on any atom is -0.462 e. The summed E-state index contributed by atoms with van der Waals surface area (Å²) in [6.45, 7) is 5.66. The Morgan fingerprint density at radius 2 is 1.95 bits per heavy atom. The first-order chi connectivity index (χ1) is 21.2. The predicted octanol–water partition coefficient (Wildman–Crippen LogP) is 4.05. The van der Waals surface area contributed by atoms with Crippen LogP contribution < -0.4 is 14.5 Å². The van der Waals surface area contributed by atoms with Crippen molar-refractivity contribution >= 4 is 39.8 Å². The summed E-state index contributed by atoms with van der Waals surface area (Å²) in [5.41, 5.74) is 2.84. The zero-order valence-corrected chi connectivity index (χ0v) is 25.4. The van der Waals surface area contributed by atoms with Crippen LogP contribution in [0, 0.1) is 11.3 Å². The van der Waals surface area contributed by atoms with Crippen molar-refractivity contribution in [3.05, 3.63) is 65.1 Å². The Morgan fingerprint density at radius 3 is 2.68 bits per heavy atom. The maximum atomic E-state index is 13.8. The average molecular weight is 620 g/mol. The van der Waals surface area contributed by atoms with Crippen molar-refractivity contribution in [2.75, 3.05) is 49.6 Å². The number of nitriles is 1. The van der Waals surface area contributed by atoms with Crippen molar-refractivity contribution in [1.82, 2.24) is 19.8 Å². The van der Waals surface area contributed by atoms with Gasteiger partial charge in [-0.25, -0.2) is 4.39 Å². The van der Waals surface area contributed by atoms with Gasteiger partial charge in [0, 0.05) is 48.9 Å². The minimum atomic E-state index is -1.04. The smallest absolute Gasteiger partial charge is 0.318 e. The van der Waals surface area contributed by atoms with E-state index in [9.17, 15) is 19.6 Å². The van der Waals surface area contributed by atoms with Gasteiger partial charge in [0.2, 0.25) is 0 Å². The number of ether oxygens (including phenoxy) is 1. The van der Waals surface area contributed by atoms with Gasteiger partial charge in [0.15, 0.2) is 5.83 Å². The summed E-state index contributed by atoms with van der Waals surface area (Å²) >= 11 is 6.67. The molecule has 230 valence electrons. The van der Waals surface area contributed by atoms with E-state index in [4.69, 9.17) is 26.3 Å². The van der Waals surface area contributed by atoms with E-state index in [1.165, 1.54) is 4.90 Å². The van der Waals surface area contributed by atoms with E-state index in [0.29, 0.717) is 56.5 Å². The topological polar surface area (TPSA) is 109 Å². The third-order valence-electron chi connectivity index (χ3n) is 9.01. The zero-order chi connectivity index (χ0) is 31.0. The maximum absolute atomic E-state index is 13.8. The third kappa shape index (κ3) is 5.77. The van der Waals surface area contributed by atoms with Crippen molar-refractivity contribution in [2.45, 2.75) is 50.5 Å². The monoisotopic (exact) mass is 619 g/mol. The van der Waals surface area contributed by atoms with Crippen LogP contribution in [-0.2, 0) is 17.8 Å². The minimum absolute atomic E-state index is 0.0331. The van der Waals surface area contributed by atoms with Crippen LogP contribution in [0.1, 0.15) is 30.5 Å². The molecule has 2 saturated heterocycles. The fraction of sp³-hybridized carbons (Fsp3) is 0.438. The van der Waals surface area contributed by atoms with Gasteiger partial charge >= 0.3 is 6.01 Å². The molecule has 0 spiro atoms. The predicted molar refractivity (Wildman–Crippen MR) is 166 cm³/mol. The van der Waals surface area contributed by atoms with Crippen molar-refractivity contribution < 1.29 is 19.0 Å². The second-order valence-electron chi connectivity index (χ2n) is 11.6. The SMILES string of the molecule is C=C(F)C(=O)N1CCN(c2nc(OC[C@@H]3CCC(O)N3C)nc3c2CCN(c2cccc4cccc(Cl)c24)C3)C[C@@H]1CC#N. The van der Waals surface area contributed by atoms with Crippen LogP contribution in [-0.4, -0.2) is 88.9 Å². The summed E-state index contributed by atoms with van der Waals surface area (Å²) in [6.07, 6.45) is 1.70. The van der Waals surface area contributed by atoms with Gasteiger partial charge in [0.05, 0.1) is 35.8 Å². The fourth-order valence-corrected chi connectivity index (χ4v) is 6.85. The first-order valence-corrected chi connectivity index (χ1v) is 15.2. The van der Waals surface area contributed by atoms with Gasteiger partial charge in [-0.1, -0.05) is 42.4 Å². The number of nitrogens with zero attached hydrogens (tertiary/aromatic N) is 7. The Hall–Kier alpha value is -3.98. The van der Waals surface area contributed by atoms with Crippen molar-refractivity contribution in [3.63, 3.8) is 0 Å². The highest BCUT2D eigenvalue weighted by atomic mass is 35.5. The van der Waals surface area contributed by atoms with Gasteiger partial charge in [-0.05, 0) is 43.8 Å². The Balaban J connectivity index is 1.34. The van der Waals surface area contributed by atoms with E-state index in [-0.39, 0.29) is 25.0 Å². The molecule has 6 rings (SSSR count). The highest BCUT2D eigenvalue weighted by Gasteiger charge is 2.35. The molecule has 12 heteroatoms. The van der Waals surface area contributed by atoms with Gasteiger partial charge in [-0.3, -0.25) is 9.69 Å². The number of hydrogen-bond donors (Lipinski definition) is 1. The third-order valence-corrected chi connectivity index (χ3v) is 9.32. The number of anilines is 2. The lowest BCUT2D eigenvalue weighted by Gasteiger charge is -2.42. The molecular weight excluding hydrogens is 585 g/mol. The molecule has 1 aromatic heterocycles. The van der Waals surface area contributed by atoms with Crippen LogP contribution in [0.3, 0.4) is 0 Å². The Bertz CT molecular complexity index is 1630. The number of aliphatic hydroxyl groups is 1. The lowest BCUT2D eigenvalue weighted by atomic mass is 10.0. The molecule has 1 N–H and O–H groups in total. The molecule has 3 aromatic rings. The van der Waals surface area contributed by atoms with Crippen molar-refractivity contribution in [3.8, 4) is 12.1 Å². The highest BCUT2D eigenvalue weighted by Crippen LogP contribution is 2.37. The zero-order valence-electron chi connectivity index (χ0n) is 24.6. The molecule has 2 aromatic carbocycles. The molecule has 2 fully saturated rings. The number of likely N-dealkylation sites (tertiary alicyclic amines) is 1. The number of piperazine rings is 1. The van der Waals surface area contributed by atoms with Crippen LogP contribution in [0.25, 0.3) is 10.8 Å². The molecule has 0 radical (unpaired) electrons. The van der Waals surface area contributed by atoms with Crippen molar-refractivity contribution in [1.29, 1.82) is 5.26 Å². The number of carbonyl (C=O) groups is 1. The number of halogens is 2. The molecule has 1 amide bonds. The molecular formula is C32H35ClFN7O3. The number of carbonyl (C=O) groups excluding carboxylic acids is 1. The van der Waals surface area contributed by atoms with Crippen LogP contribution in [0.4, 0.5) is 15.9 Å². The fourth-order valence-electron chi connectivity index (χ4n) is 6.57.